The van der Waals surface area contributed by atoms with Crippen LogP contribution in [0.15, 0.2) is 63.8 Å². The Balaban J connectivity index is 1.73. The molecule has 1 aliphatic heterocycles. The van der Waals surface area contributed by atoms with Gasteiger partial charge in [0.05, 0.1) is 5.69 Å². The van der Waals surface area contributed by atoms with Crippen LogP contribution < -0.4 is 15.8 Å². The first-order chi connectivity index (χ1) is 14.1. The molecule has 1 aromatic heterocycles. The summed E-state index contributed by atoms with van der Waals surface area (Å²) in [4.78, 5) is 14.5. The Kier molecular flexibility index (Phi) is 6.24. The molecule has 3 aromatic rings. The van der Waals surface area contributed by atoms with Gasteiger partial charge in [0.25, 0.3) is 0 Å². The highest BCUT2D eigenvalue weighted by molar-refractivity contribution is 6.32. The summed E-state index contributed by atoms with van der Waals surface area (Å²) in [6, 6.07) is 15.0. The SMILES string of the molecule is O=c1cc(N(CC=Cc2ccccc2Cl)C2CCNCC2)c2cc(Cl)ccc2o1. The van der Waals surface area contributed by atoms with Crippen molar-refractivity contribution in [3.05, 3.63) is 80.6 Å². The van der Waals surface area contributed by atoms with Crippen molar-refractivity contribution in [3.63, 3.8) is 0 Å². The second kappa shape index (κ2) is 9.04. The van der Waals surface area contributed by atoms with Gasteiger partial charge in [-0.3, -0.25) is 0 Å². The van der Waals surface area contributed by atoms with Gasteiger partial charge in [-0.1, -0.05) is 53.6 Å². The minimum atomic E-state index is -0.358. The van der Waals surface area contributed by atoms with E-state index < -0.39 is 0 Å². The van der Waals surface area contributed by atoms with Crippen LogP contribution >= 0.6 is 23.2 Å². The molecule has 2 aromatic carbocycles. The molecule has 1 fully saturated rings. The zero-order valence-electron chi connectivity index (χ0n) is 15.9. The number of halogens is 2. The van der Waals surface area contributed by atoms with Crippen molar-refractivity contribution in [2.75, 3.05) is 24.5 Å². The van der Waals surface area contributed by atoms with Crippen LogP contribution in [0, 0.1) is 0 Å². The minimum Gasteiger partial charge on any atom is -0.423 e. The van der Waals surface area contributed by atoms with Crippen LogP contribution in [0.2, 0.25) is 10.0 Å². The van der Waals surface area contributed by atoms with Gasteiger partial charge in [-0.2, -0.15) is 0 Å². The zero-order valence-corrected chi connectivity index (χ0v) is 17.4. The van der Waals surface area contributed by atoms with E-state index in [9.17, 15) is 4.79 Å². The average Bonchev–Trinajstić information content (AvgIpc) is 2.73. The van der Waals surface area contributed by atoms with Crippen LogP contribution in [0.3, 0.4) is 0 Å². The van der Waals surface area contributed by atoms with Gasteiger partial charge >= 0.3 is 5.63 Å². The molecule has 150 valence electrons. The highest BCUT2D eigenvalue weighted by Crippen LogP contribution is 2.31. The minimum absolute atomic E-state index is 0.316. The van der Waals surface area contributed by atoms with Crippen molar-refractivity contribution in [2.45, 2.75) is 18.9 Å². The molecule has 2 heterocycles. The topological polar surface area (TPSA) is 45.5 Å². The number of anilines is 1. The Labute approximate surface area is 179 Å². The van der Waals surface area contributed by atoms with Crippen LogP contribution in [-0.2, 0) is 0 Å². The van der Waals surface area contributed by atoms with Crippen LogP contribution in [0.5, 0.6) is 0 Å². The molecule has 4 nitrogen and oxygen atoms in total. The zero-order chi connectivity index (χ0) is 20.2. The predicted molar refractivity (Wildman–Crippen MR) is 121 cm³/mol. The molecule has 0 radical (unpaired) electrons. The summed E-state index contributed by atoms with van der Waals surface area (Å²) in [5.74, 6) is 0. The van der Waals surface area contributed by atoms with Gasteiger partial charge in [0.1, 0.15) is 5.58 Å². The van der Waals surface area contributed by atoms with E-state index in [1.54, 1.807) is 18.2 Å². The van der Waals surface area contributed by atoms with Crippen molar-refractivity contribution in [2.24, 2.45) is 0 Å². The van der Waals surface area contributed by atoms with Gasteiger partial charge in [-0.15, -0.1) is 0 Å². The lowest BCUT2D eigenvalue weighted by Crippen LogP contribution is -2.43. The molecule has 0 spiro atoms. The molecule has 0 amide bonds. The summed E-state index contributed by atoms with van der Waals surface area (Å²) in [6.07, 6.45) is 6.12. The van der Waals surface area contributed by atoms with E-state index in [0.29, 0.717) is 23.2 Å². The molecular formula is C23H22Cl2N2O2. The van der Waals surface area contributed by atoms with Crippen LogP contribution in [0.4, 0.5) is 5.69 Å². The molecule has 1 saturated heterocycles. The molecule has 4 rings (SSSR count). The fraction of sp³-hybridized carbons (Fsp3) is 0.261. The molecule has 0 bridgehead atoms. The van der Waals surface area contributed by atoms with Crippen LogP contribution in [-0.4, -0.2) is 25.7 Å². The Morgan fingerprint density at radius 2 is 1.90 bits per heavy atom. The molecule has 0 atom stereocenters. The van der Waals surface area contributed by atoms with Gasteiger partial charge in [-0.25, -0.2) is 4.79 Å². The monoisotopic (exact) mass is 428 g/mol. The standard InChI is InChI=1S/C23H22Cl2N2O2/c24-17-7-8-22-19(14-17)21(15-23(28)29-22)27(18-9-11-26-12-10-18)13-3-5-16-4-1-2-6-20(16)25/h1-8,14-15,18,26H,9-13H2. The number of nitrogens with zero attached hydrogens (tertiary/aromatic N) is 1. The lowest BCUT2D eigenvalue weighted by Gasteiger charge is -2.36. The highest BCUT2D eigenvalue weighted by Gasteiger charge is 2.23. The van der Waals surface area contributed by atoms with Crippen molar-refractivity contribution in [1.29, 1.82) is 0 Å². The summed E-state index contributed by atoms with van der Waals surface area (Å²) in [5, 5.41) is 5.59. The molecule has 1 aliphatic rings. The maximum absolute atomic E-state index is 12.2. The summed E-state index contributed by atoms with van der Waals surface area (Å²) in [7, 11) is 0. The third kappa shape index (κ3) is 4.67. The van der Waals surface area contributed by atoms with Crippen molar-refractivity contribution >= 4 is 45.9 Å². The predicted octanol–water partition coefficient (Wildman–Crippen LogP) is 5.37. The van der Waals surface area contributed by atoms with Gasteiger partial charge in [0.15, 0.2) is 0 Å². The van der Waals surface area contributed by atoms with Gasteiger partial charge < -0.3 is 14.6 Å². The lowest BCUT2D eigenvalue weighted by molar-refractivity contribution is 0.437. The first-order valence-electron chi connectivity index (χ1n) is 9.73. The Hall–Kier alpha value is -2.27. The molecule has 0 unspecified atom stereocenters. The fourth-order valence-electron chi connectivity index (χ4n) is 3.82. The number of nitrogens with one attached hydrogen (secondary N) is 1. The first-order valence-corrected chi connectivity index (χ1v) is 10.5. The van der Waals surface area contributed by atoms with E-state index in [0.717, 1.165) is 47.6 Å². The number of piperidine rings is 1. The number of hydrogen-bond donors (Lipinski definition) is 1. The fourth-order valence-corrected chi connectivity index (χ4v) is 4.19. The quantitative estimate of drug-likeness (QED) is 0.554. The average molecular weight is 429 g/mol. The Morgan fingerprint density at radius 3 is 2.69 bits per heavy atom. The van der Waals surface area contributed by atoms with Gasteiger partial charge in [0.2, 0.25) is 0 Å². The van der Waals surface area contributed by atoms with Crippen LogP contribution in [0.1, 0.15) is 18.4 Å². The molecule has 6 heteroatoms. The van der Waals surface area contributed by atoms with Crippen LogP contribution in [0.25, 0.3) is 17.0 Å². The Bertz CT molecular complexity index is 1090. The second-order valence-electron chi connectivity index (χ2n) is 7.15. The number of rotatable bonds is 5. The maximum Gasteiger partial charge on any atom is 0.338 e. The highest BCUT2D eigenvalue weighted by atomic mass is 35.5. The van der Waals surface area contributed by atoms with E-state index in [2.05, 4.69) is 16.3 Å². The third-order valence-electron chi connectivity index (χ3n) is 5.25. The Morgan fingerprint density at radius 1 is 1.10 bits per heavy atom. The summed E-state index contributed by atoms with van der Waals surface area (Å²) < 4.78 is 5.40. The molecule has 29 heavy (non-hydrogen) atoms. The first kappa shape index (κ1) is 20.0. The van der Waals surface area contributed by atoms with Gasteiger partial charge in [-0.05, 0) is 55.8 Å². The van der Waals surface area contributed by atoms with E-state index in [1.165, 1.54) is 0 Å². The van der Waals surface area contributed by atoms with Gasteiger partial charge in [0, 0.05) is 34.1 Å². The number of hydrogen-bond acceptors (Lipinski definition) is 4. The lowest BCUT2D eigenvalue weighted by atomic mass is 10.0. The normalized spacial score (nSPS) is 15.2. The van der Waals surface area contributed by atoms with Crippen molar-refractivity contribution in [3.8, 4) is 0 Å². The summed E-state index contributed by atoms with van der Waals surface area (Å²) >= 11 is 12.5. The van der Waals surface area contributed by atoms with E-state index in [4.69, 9.17) is 27.6 Å². The summed E-state index contributed by atoms with van der Waals surface area (Å²) in [5.41, 5.74) is 2.02. The number of fused-ring (bicyclic) bond motifs is 1. The third-order valence-corrected chi connectivity index (χ3v) is 5.83. The van der Waals surface area contributed by atoms with E-state index >= 15 is 0 Å². The smallest absolute Gasteiger partial charge is 0.338 e. The summed E-state index contributed by atoms with van der Waals surface area (Å²) in [6.45, 7) is 2.56. The van der Waals surface area contributed by atoms with E-state index in [1.807, 2.05) is 36.4 Å². The molecule has 0 saturated carbocycles. The molecule has 0 aliphatic carbocycles. The van der Waals surface area contributed by atoms with E-state index in [-0.39, 0.29) is 5.63 Å². The largest absolute Gasteiger partial charge is 0.423 e. The molecular weight excluding hydrogens is 407 g/mol. The second-order valence-corrected chi connectivity index (χ2v) is 7.99. The van der Waals surface area contributed by atoms with Crippen molar-refractivity contribution < 1.29 is 4.42 Å². The number of benzene rings is 2. The van der Waals surface area contributed by atoms with Crippen molar-refractivity contribution in [1.82, 2.24) is 5.32 Å². The maximum atomic E-state index is 12.2. The molecule has 1 N–H and O–H groups in total.